The third kappa shape index (κ3) is 8.96. The SMILES string of the molecule is COc1cccc(N(c2ccc3c(c2)C2(c4ccccc4-c4c(-c5cccc6c5C5(C)CC=Cc7c5n-6c5c6c(ccc75)C5(c7ccccc7-c7ccccc75)c5cc(-c7ccc(N(c8ccc(-c9ccccc9)cc8)c8cccc(C(C)(C)C)c8)cc7)ccc5-6)cccc42)c2ccc4c5cccc6c7ccccc7n(c4c2-3)c65)c2ccccc2C)c1. The first-order valence-electron chi connectivity index (χ1n) is 43.0. The molecule has 0 saturated heterocycles. The van der Waals surface area contributed by atoms with E-state index in [4.69, 9.17) is 4.74 Å². The van der Waals surface area contributed by atoms with E-state index in [9.17, 15) is 0 Å². The van der Waals surface area contributed by atoms with E-state index in [-0.39, 0.29) is 5.41 Å². The molecule has 5 nitrogen and oxygen atoms in total. The molecule has 0 fully saturated rings. The van der Waals surface area contributed by atoms with Crippen molar-refractivity contribution in [3.63, 3.8) is 0 Å². The number of allylic oxidation sites excluding steroid dienone is 1. The van der Waals surface area contributed by atoms with Crippen molar-refractivity contribution < 1.29 is 4.74 Å². The van der Waals surface area contributed by atoms with Gasteiger partial charge in [0, 0.05) is 94.9 Å². The predicted molar refractivity (Wildman–Crippen MR) is 506 cm³/mol. The summed E-state index contributed by atoms with van der Waals surface area (Å²) < 4.78 is 11.4. The second kappa shape index (κ2) is 24.9. The third-order valence-corrected chi connectivity index (χ3v) is 28.8. The number of rotatable bonds is 10. The molecule has 3 aromatic heterocycles. The fourth-order valence-corrected chi connectivity index (χ4v) is 23.8. The van der Waals surface area contributed by atoms with Crippen molar-refractivity contribution in [3.8, 4) is 89.3 Å². The second-order valence-electron chi connectivity index (χ2n) is 35.8. The average molecular weight is 1560 g/mol. The Morgan fingerprint density at radius 2 is 0.852 bits per heavy atom. The zero-order chi connectivity index (χ0) is 81.0. The van der Waals surface area contributed by atoms with Gasteiger partial charge < -0.3 is 23.5 Å². The van der Waals surface area contributed by atoms with Crippen molar-refractivity contribution in [3.05, 3.63) is 443 Å². The molecule has 26 rings (SSSR count). The van der Waals surface area contributed by atoms with Gasteiger partial charge in [0.2, 0.25) is 0 Å². The highest BCUT2D eigenvalue weighted by atomic mass is 16.5. The van der Waals surface area contributed by atoms with E-state index in [1.165, 1.54) is 205 Å². The van der Waals surface area contributed by atoms with Crippen molar-refractivity contribution >= 4 is 89.2 Å². The maximum Gasteiger partial charge on any atom is 0.120 e. The Balaban J connectivity index is 0.677. The molecule has 4 heterocycles. The molecule has 0 saturated carbocycles. The van der Waals surface area contributed by atoms with E-state index < -0.39 is 16.2 Å². The van der Waals surface area contributed by atoms with Gasteiger partial charge in [-0.05, 0) is 239 Å². The predicted octanol–water partition coefficient (Wildman–Crippen LogP) is 30.1. The van der Waals surface area contributed by atoms with E-state index >= 15 is 0 Å². The summed E-state index contributed by atoms with van der Waals surface area (Å²) in [7, 11) is 1.76. The minimum Gasteiger partial charge on any atom is -0.497 e. The smallest absolute Gasteiger partial charge is 0.120 e. The molecule has 2 unspecified atom stereocenters. The number of anilines is 6. The van der Waals surface area contributed by atoms with Crippen LogP contribution >= 0.6 is 0 Å². The molecule has 6 aliphatic rings. The summed E-state index contributed by atoms with van der Waals surface area (Å²) in [4.78, 5) is 4.87. The van der Waals surface area contributed by atoms with Gasteiger partial charge in [-0.25, -0.2) is 0 Å². The Morgan fingerprint density at radius 1 is 0.344 bits per heavy atom. The average Bonchev–Trinajstić information content (AvgIpc) is 1.49. The lowest BCUT2D eigenvalue weighted by atomic mass is 9.69. The molecule has 20 aromatic rings. The summed E-state index contributed by atoms with van der Waals surface area (Å²) in [5, 5.41) is 6.38. The molecule has 1 aliphatic heterocycles. The number of nitrogens with zero attached hydrogens (tertiary/aromatic N) is 4. The van der Waals surface area contributed by atoms with E-state index in [1.807, 2.05) is 6.07 Å². The normalized spacial score (nSPS) is 16.0. The Morgan fingerprint density at radius 3 is 1.59 bits per heavy atom. The van der Waals surface area contributed by atoms with Crippen LogP contribution in [-0.4, -0.2) is 16.1 Å². The van der Waals surface area contributed by atoms with Crippen LogP contribution in [0.2, 0.25) is 0 Å². The van der Waals surface area contributed by atoms with Crippen LogP contribution in [0.15, 0.2) is 370 Å². The van der Waals surface area contributed by atoms with E-state index in [0.717, 1.165) is 46.3 Å². The van der Waals surface area contributed by atoms with Crippen LogP contribution in [0.5, 0.6) is 5.75 Å². The van der Waals surface area contributed by atoms with Gasteiger partial charge in [0.25, 0.3) is 0 Å². The standard InChI is InChI=1S/C117H82N4O/c1-70-26-10-18-46-103(70)119(79-31-21-32-81(68-79)122-6)80-58-60-94-102(69-80)117(100-63-61-89-88-40-22-39-87-84-35-14-19-47-104(84)120(110(87)88)111(89)107(94)100)97-44-17-13-36-92(97)106-85(37-23-45-98(106)117)86-38-24-48-105-109(86)115(5)65-25-41-91-90-62-64-99-108(112(90)121(105)113(91)115)93-59-53-74(66-101(93)116(99)95-42-15-11-33-82(95)83-34-12-16-43-96(83)116)73-51-56-77(57-52-73)118(78-30-20-29-75(67-78)114(2,3)4)76-54-49-72(50-55-76)71-27-8-7-9-28-71/h7-64,66-69H,65H2,1-6H3. The molecule has 5 aliphatic carbocycles. The Hall–Kier alpha value is -14.8. The molecule has 0 N–H and O–H groups in total. The number of para-hydroxylation sites is 3. The molecule has 2 atom stereocenters. The maximum atomic E-state index is 6.02. The van der Waals surface area contributed by atoms with Crippen molar-refractivity contribution in [2.75, 3.05) is 16.9 Å². The Labute approximate surface area is 709 Å². The van der Waals surface area contributed by atoms with Crippen molar-refractivity contribution in [2.45, 2.75) is 62.7 Å². The van der Waals surface area contributed by atoms with Crippen molar-refractivity contribution in [1.29, 1.82) is 0 Å². The molecular formula is C117H82N4O. The van der Waals surface area contributed by atoms with Gasteiger partial charge in [0.15, 0.2) is 0 Å². The number of hydrogen-bond donors (Lipinski definition) is 0. The van der Waals surface area contributed by atoms with Crippen molar-refractivity contribution in [1.82, 2.24) is 8.97 Å². The van der Waals surface area contributed by atoms with Gasteiger partial charge in [0.05, 0.1) is 45.7 Å². The van der Waals surface area contributed by atoms with Crippen LogP contribution in [0, 0.1) is 6.92 Å². The lowest BCUT2D eigenvalue weighted by Gasteiger charge is -2.33. The summed E-state index contributed by atoms with van der Waals surface area (Å²) in [5.41, 5.74) is 45.5. The fraction of sp³-hybridized carbons (Fsp3) is 0.0940. The van der Waals surface area contributed by atoms with Gasteiger partial charge in [-0.2, -0.15) is 0 Å². The number of methoxy groups -OCH3 is 1. The number of aryl methyl sites for hydroxylation is 1. The minimum absolute atomic E-state index is 0.0328. The lowest BCUT2D eigenvalue weighted by Crippen LogP contribution is -2.26. The zero-order valence-corrected chi connectivity index (χ0v) is 68.7. The van der Waals surface area contributed by atoms with Gasteiger partial charge >= 0.3 is 0 Å². The third-order valence-electron chi connectivity index (χ3n) is 28.8. The largest absolute Gasteiger partial charge is 0.497 e. The summed E-state index contributed by atoms with van der Waals surface area (Å²) in [6, 6.07) is 139. The van der Waals surface area contributed by atoms with E-state index in [1.54, 1.807) is 7.11 Å². The molecule has 576 valence electrons. The number of benzene rings is 17. The Bertz CT molecular complexity index is 7930. The first-order valence-corrected chi connectivity index (χ1v) is 43.0. The first-order chi connectivity index (χ1) is 59.9. The fourth-order valence-electron chi connectivity index (χ4n) is 23.8. The summed E-state index contributed by atoms with van der Waals surface area (Å²) in [6.45, 7) is 11.7. The summed E-state index contributed by atoms with van der Waals surface area (Å²) in [6.07, 6.45) is 5.80. The van der Waals surface area contributed by atoms with Crippen LogP contribution in [0.4, 0.5) is 34.1 Å². The number of aromatic nitrogens is 2. The lowest BCUT2D eigenvalue weighted by molar-refractivity contribution is 0.415. The molecule has 17 aromatic carbocycles. The topological polar surface area (TPSA) is 25.1 Å². The van der Waals surface area contributed by atoms with Crippen LogP contribution < -0.4 is 14.5 Å². The molecule has 0 radical (unpaired) electrons. The highest BCUT2D eigenvalue weighted by Crippen LogP contribution is 2.70. The molecule has 2 spiro atoms. The molecular weight excluding hydrogens is 1480 g/mol. The van der Waals surface area contributed by atoms with E-state index in [0.29, 0.717) is 0 Å². The first kappa shape index (κ1) is 69.2. The number of ether oxygens (including phenoxy) is 1. The maximum absolute atomic E-state index is 6.02. The zero-order valence-electron chi connectivity index (χ0n) is 68.7. The van der Waals surface area contributed by atoms with Crippen LogP contribution in [0.25, 0.3) is 139 Å². The molecule has 0 bridgehead atoms. The Kier molecular flexibility index (Phi) is 14.1. The molecule has 122 heavy (non-hydrogen) atoms. The second-order valence-corrected chi connectivity index (χ2v) is 35.8. The quantitative estimate of drug-likeness (QED) is 0.136. The van der Waals surface area contributed by atoms with Crippen LogP contribution in [0.3, 0.4) is 0 Å². The van der Waals surface area contributed by atoms with Gasteiger partial charge in [-0.3, -0.25) is 0 Å². The summed E-state index contributed by atoms with van der Waals surface area (Å²) in [5.74, 6) is 0.807. The van der Waals surface area contributed by atoms with Gasteiger partial charge in [0.1, 0.15) is 5.75 Å². The highest BCUT2D eigenvalue weighted by molar-refractivity contribution is 6.26. The minimum atomic E-state index is -0.758. The van der Waals surface area contributed by atoms with Crippen LogP contribution in [0.1, 0.15) is 107 Å². The molecule has 5 heteroatoms. The monoisotopic (exact) mass is 1560 g/mol. The van der Waals surface area contributed by atoms with Crippen molar-refractivity contribution in [2.24, 2.45) is 0 Å². The van der Waals surface area contributed by atoms with Gasteiger partial charge in [-0.1, -0.05) is 306 Å². The number of hydrogen-bond acceptors (Lipinski definition) is 3. The van der Waals surface area contributed by atoms with Gasteiger partial charge in [-0.15, -0.1) is 0 Å². The highest BCUT2D eigenvalue weighted by Gasteiger charge is 2.57. The molecule has 0 amide bonds. The van der Waals surface area contributed by atoms with Crippen LogP contribution in [-0.2, 0) is 21.7 Å². The van der Waals surface area contributed by atoms with E-state index in [2.05, 4.69) is 423 Å². The summed E-state index contributed by atoms with van der Waals surface area (Å²) >= 11 is 0. The number of fused-ring (bicyclic) bond motifs is 34.